The van der Waals surface area contributed by atoms with E-state index in [1.807, 2.05) is 0 Å². The van der Waals surface area contributed by atoms with Gasteiger partial charge in [0.2, 0.25) is 0 Å². The Hall–Kier alpha value is -1.89. The highest BCUT2D eigenvalue weighted by Crippen LogP contribution is 2.24. The van der Waals surface area contributed by atoms with Crippen LogP contribution in [-0.2, 0) is 6.42 Å². The van der Waals surface area contributed by atoms with Crippen molar-refractivity contribution in [2.45, 2.75) is 25.6 Å². The number of carbonyl (C=O) groups is 1. The van der Waals surface area contributed by atoms with Crippen molar-refractivity contribution in [2.24, 2.45) is 0 Å². The average Bonchev–Trinajstić information content (AvgIpc) is 2.84. The lowest BCUT2D eigenvalue weighted by molar-refractivity contribution is -0.153. The van der Waals surface area contributed by atoms with Crippen LogP contribution in [0.2, 0.25) is 0 Å². The van der Waals surface area contributed by atoms with Gasteiger partial charge in [0.15, 0.2) is 0 Å². The summed E-state index contributed by atoms with van der Waals surface area (Å²) in [5.74, 6) is -0.742. The third-order valence-electron chi connectivity index (χ3n) is 2.93. The van der Waals surface area contributed by atoms with Gasteiger partial charge in [-0.05, 0) is 12.5 Å². The Kier molecular flexibility index (Phi) is 4.62. The van der Waals surface area contributed by atoms with Gasteiger partial charge < -0.3 is 5.32 Å². The van der Waals surface area contributed by atoms with Crippen LogP contribution < -0.4 is 5.32 Å². The van der Waals surface area contributed by atoms with Gasteiger partial charge in [-0.15, -0.1) is 11.3 Å². The van der Waals surface area contributed by atoms with Crippen LogP contribution in [0, 0.1) is 6.92 Å². The number of rotatable bonds is 4. The van der Waals surface area contributed by atoms with Gasteiger partial charge in [-0.2, -0.15) is 13.2 Å². The predicted octanol–water partition coefficient (Wildman–Crippen LogP) is 3.35. The number of aryl methyl sites for hydroxylation is 1. The first-order valence-electron chi connectivity index (χ1n) is 6.19. The van der Waals surface area contributed by atoms with Gasteiger partial charge in [-0.25, -0.2) is 4.98 Å². The molecule has 0 bridgehead atoms. The average molecular weight is 314 g/mol. The molecule has 0 aliphatic carbocycles. The summed E-state index contributed by atoms with van der Waals surface area (Å²) in [5.41, 5.74) is 2.38. The minimum atomic E-state index is -4.51. The van der Waals surface area contributed by atoms with Crippen molar-refractivity contribution in [3.05, 3.63) is 52.0 Å². The predicted molar refractivity (Wildman–Crippen MR) is 74.3 cm³/mol. The second-order valence-corrected chi connectivity index (χ2v) is 5.38. The normalized spacial score (nSPS) is 13.0. The molecule has 0 spiro atoms. The van der Waals surface area contributed by atoms with Crippen LogP contribution in [0.25, 0.3) is 0 Å². The summed E-state index contributed by atoms with van der Waals surface area (Å²) in [5, 5.41) is 2.06. The maximum atomic E-state index is 13.1. The quantitative estimate of drug-likeness (QED) is 0.940. The smallest absolute Gasteiger partial charge is 0.339 e. The zero-order valence-corrected chi connectivity index (χ0v) is 12.0. The summed E-state index contributed by atoms with van der Waals surface area (Å²) in [7, 11) is 0. The Morgan fingerprint density at radius 3 is 2.52 bits per heavy atom. The van der Waals surface area contributed by atoms with Crippen molar-refractivity contribution in [1.29, 1.82) is 0 Å². The second kappa shape index (κ2) is 6.26. The standard InChI is InChI=1S/C14H13F3N2OS/c1-9-12(21-8-18-9)13(20)19-11(14(15,16)17)7-10-5-3-2-4-6-10/h2-6,8,11H,7H2,1H3,(H,19,20)/t11-/m1/s1. The van der Waals surface area contributed by atoms with Gasteiger partial charge in [-0.1, -0.05) is 30.3 Å². The number of hydrogen-bond acceptors (Lipinski definition) is 3. The highest BCUT2D eigenvalue weighted by atomic mass is 32.1. The number of thiazole rings is 1. The number of hydrogen-bond donors (Lipinski definition) is 1. The molecule has 0 radical (unpaired) electrons. The Labute approximate surface area is 123 Å². The van der Waals surface area contributed by atoms with Crippen LogP contribution in [0.3, 0.4) is 0 Å². The minimum Gasteiger partial charge on any atom is -0.339 e. The summed E-state index contributed by atoms with van der Waals surface area (Å²) in [4.78, 5) is 16.0. The van der Waals surface area contributed by atoms with E-state index in [9.17, 15) is 18.0 Å². The van der Waals surface area contributed by atoms with Gasteiger partial charge in [0.05, 0.1) is 11.2 Å². The zero-order valence-electron chi connectivity index (χ0n) is 11.1. The Morgan fingerprint density at radius 2 is 2.00 bits per heavy atom. The minimum absolute atomic E-state index is 0.206. The van der Waals surface area contributed by atoms with Crippen LogP contribution in [0.15, 0.2) is 35.8 Å². The number of halogens is 3. The highest BCUT2D eigenvalue weighted by molar-refractivity contribution is 7.11. The Balaban J connectivity index is 2.14. The number of nitrogens with one attached hydrogen (secondary N) is 1. The molecule has 2 rings (SSSR count). The molecular formula is C14H13F3N2OS. The van der Waals surface area contributed by atoms with Gasteiger partial charge in [-0.3, -0.25) is 4.79 Å². The molecule has 0 aliphatic heterocycles. The Bertz CT molecular complexity index is 610. The van der Waals surface area contributed by atoms with Crippen molar-refractivity contribution < 1.29 is 18.0 Å². The van der Waals surface area contributed by atoms with E-state index < -0.39 is 18.1 Å². The molecule has 1 atom stereocenters. The van der Waals surface area contributed by atoms with Gasteiger partial charge in [0.25, 0.3) is 5.91 Å². The Morgan fingerprint density at radius 1 is 1.33 bits per heavy atom. The fraction of sp³-hybridized carbons (Fsp3) is 0.286. The van der Waals surface area contributed by atoms with Crippen molar-refractivity contribution >= 4 is 17.2 Å². The number of amides is 1. The molecule has 112 valence electrons. The second-order valence-electron chi connectivity index (χ2n) is 4.52. The van der Waals surface area contributed by atoms with Crippen LogP contribution in [0.1, 0.15) is 20.9 Å². The molecule has 0 saturated heterocycles. The van der Waals surface area contributed by atoms with Crippen LogP contribution >= 0.6 is 11.3 Å². The third-order valence-corrected chi connectivity index (χ3v) is 3.86. The molecule has 1 amide bonds. The van der Waals surface area contributed by atoms with E-state index in [0.29, 0.717) is 11.3 Å². The number of nitrogens with zero attached hydrogens (tertiary/aromatic N) is 1. The van der Waals surface area contributed by atoms with Crippen molar-refractivity contribution in [2.75, 3.05) is 0 Å². The van der Waals surface area contributed by atoms with Crippen molar-refractivity contribution in [1.82, 2.24) is 10.3 Å². The molecule has 1 aromatic carbocycles. The van der Waals surface area contributed by atoms with E-state index in [0.717, 1.165) is 11.3 Å². The topological polar surface area (TPSA) is 42.0 Å². The molecule has 0 fully saturated rings. The summed E-state index contributed by atoms with van der Waals surface area (Å²) in [6, 6.07) is 6.33. The van der Waals surface area contributed by atoms with Gasteiger partial charge in [0.1, 0.15) is 10.9 Å². The highest BCUT2D eigenvalue weighted by Gasteiger charge is 2.41. The summed E-state index contributed by atoms with van der Waals surface area (Å²) < 4.78 is 39.2. The molecular weight excluding hydrogens is 301 g/mol. The van der Waals surface area contributed by atoms with Crippen LogP contribution in [-0.4, -0.2) is 23.1 Å². The number of benzene rings is 1. The molecule has 21 heavy (non-hydrogen) atoms. The maximum absolute atomic E-state index is 13.1. The van der Waals surface area contributed by atoms with E-state index in [1.54, 1.807) is 37.3 Å². The van der Waals surface area contributed by atoms with Crippen molar-refractivity contribution in [3.63, 3.8) is 0 Å². The fourth-order valence-corrected chi connectivity index (χ4v) is 2.55. The van der Waals surface area contributed by atoms with E-state index >= 15 is 0 Å². The van der Waals surface area contributed by atoms with Gasteiger partial charge in [0, 0.05) is 6.42 Å². The van der Waals surface area contributed by atoms with E-state index in [4.69, 9.17) is 0 Å². The lowest BCUT2D eigenvalue weighted by Gasteiger charge is -2.21. The summed E-state index contributed by atoms with van der Waals surface area (Å²) in [6.45, 7) is 1.59. The monoisotopic (exact) mass is 314 g/mol. The molecule has 1 N–H and O–H groups in total. The van der Waals surface area contributed by atoms with Crippen LogP contribution in [0.4, 0.5) is 13.2 Å². The molecule has 2 aromatic rings. The summed E-state index contributed by atoms with van der Waals surface area (Å²) >= 11 is 1.03. The fourth-order valence-electron chi connectivity index (χ4n) is 1.84. The maximum Gasteiger partial charge on any atom is 0.408 e. The van der Waals surface area contributed by atoms with Crippen LogP contribution in [0.5, 0.6) is 0 Å². The van der Waals surface area contributed by atoms with E-state index in [1.165, 1.54) is 5.51 Å². The number of alkyl halides is 3. The molecule has 7 heteroatoms. The first-order valence-corrected chi connectivity index (χ1v) is 7.07. The molecule has 1 aromatic heterocycles. The van der Waals surface area contributed by atoms with E-state index in [-0.39, 0.29) is 11.3 Å². The molecule has 0 unspecified atom stereocenters. The van der Waals surface area contributed by atoms with E-state index in [2.05, 4.69) is 10.3 Å². The molecule has 0 aliphatic rings. The first-order chi connectivity index (χ1) is 9.88. The summed E-state index contributed by atoms with van der Waals surface area (Å²) in [6.07, 6.45) is -4.81. The lowest BCUT2D eigenvalue weighted by Crippen LogP contribution is -2.46. The van der Waals surface area contributed by atoms with Gasteiger partial charge >= 0.3 is 6.18 Å². The molecule has 0 saturated carbocycles. The largest absolute Gasteiger partial charge is 0.408 e. The lowest BCUT2D eigenvalue weighted by atomic mass is 10.1. The van der Waals surface area contributed by atoms with Crippen molar-refractivity contribution in [3.8, 4) is 0 Å². The molecule has 1 heterocycles. The first kappa shape index (κ1) is 15.5. The SMILES string of the molecule is Cc1ncsc1C(=O)N[C@H](Cc1ccccc1)C(F)(F)F. The number of carbonyl (C=O) groups excluding carboxylic acids is 1. The molecule has 3 nitrogen and oxygen atoms in total. The number of aromatic nitrogens is 1. The third kappa shape index (κ3) is 4.04. The zero-order chi connectivity index (χ0) is 15.5.